The zero-order chi connectivity index (χ0) is 79.1. The molecule has 2 aromatic heterocycles. The quantitative estimate of drug-likeness (QED) is 0.00288. The second-order valence-electron chi connectivity index (χ2n) is 26.4. The second kappa shape index (κ2) is 41.2. The molecular formula is C67H97N9O24P3S5+. The highest BCUT2D eigenvalue weighted by Gasteiger charge is 2.47. The fourth-order valence-corrected chi connectivity index (χ4v) is 18.2. The van der Waals surface area contributed by atoms with E-state index < -0.39 is 91.2 Å². The number of rotatable bonds is 44. The van der Waals surface area contributed by atoms with E-state index >= 15 is 0 Å². The number of alkyl carbamates (subject to hydrolysis) is 2. The molecular weight excluding hydrogens is 1570 g/mol. The molecule has 11 N–H and O–H groups in total. The van der Waals surface area contributed by atoms with E-state index in [0.717, 1.165) is 36.3 Å². The molecule has 3 aliphatic heterocycles. The number of unbranched alkanes of at least 4 members (excludes halogenated alkanes) is 3. The summed E-state index contributed by atoms with van der Waals surface area (Å²) >= 11 is 5.23. The smallest absolute Gasteiger partial charge is 0.450 e. The number of nitrogens with one attached hydrogen (secondary N) is 4. The molecule has 1 saturated heterocycles. The number of hydrogen-bond donors (Lipinski definition) is 10. The highest BCUT2D eigenvalue weighted by molar-refractivity contribution is 8.77. The van der Waals surface area contributed by atoms with Gasteiger partial charge in [0, 0.05) is 91.0 Å². The first-order valence-electron chi connectivity index (χ1n) is 34.5. The van der Waals surface area contributed by atoms with Gasteiger partial charge in [0.15, 0.2) is 11.4 Å². The van der Waals surface area contributed by atoms with Gasteiger partial charge < -0.3 is 83.9 Å². The van der Waals surface area contributed by atoms with Crippen LogP contribution in [0.5, 0.6) is 0 Å². The van der Waals surface area contributed by atoms with Gasteiger partial charge in [0.2, 0.25) is 17.5 Å². The van der Waals surface area contributed by atoms with E-state index in [4.69, 9.17) is 64.4 Å². The number of aromatic amines is 1. The summed E-state index contributed by atoms with van der Waals surface area (Å²) in [6.45, 7) is 17.7. The number of ether oxygens (including phenoxy) is 7. The average molecular weight is 1670 g/mol. The van der Waals surface area contributed by atoms with E-state index in [2.05, 4.69) is 119 Å². The first-order valence-corrected chi connectivity index (χ1v) is 45.5. The van der Waals surface area contributed by atoms with Gasteiger partial charge in [-0.1, -0.05) is 93.2 Å². The SMILES string of the molecule is CCN1\C(=C/C=C/C=C/C2=[N+](CCCCCC(=O)NCCOCCOCCNC(=O)OCCC(C)(C)SSCOCCCCOC(=O)NCC#Cc3cn([C@H]4C[C@@H](OCS(C)=S)[C@@H](COP(=O)(O)OP(=O)(O)OP(=O)(O)O)O4)c4nc(N)[nH]c(=O)c34)c3ccc(S(=O)(=O)O)cc3C2(C)C)C(C)(C)c2ccccc21. The van der Waals surface area contributed by atoms with Gasteiger partial charge >= 0.3 is 35.7 Å². The van der Waals surface area contributed by atoms with Crippen molar-refractivity contribution < 1.29 is 112 Å². The predicted octanol–water partition coefficient (Wildman–Crippen LogP) is 8.95. The Hall–Kier alpha value is -5.69. The lowest BCUT2D eigenvalue weighted by atomic mass is 9.81. The van der Waals surface area contributed by atoms with Gasteiger partial charge in [0.1, 0.15) is 24.8 Å². The third-order valence-corrected chi connectivity index (χ3v) is 25.5. The number of carbonyl (C=O) groups is 3. The van der Waals surface area contributed by atoms with Crippen molar-refractivity contribution in [3.05, 3.63) is 112 Å². The number of likely N-dealkylation sites (N-methyl/N-ethyl adjacent to an activating group) is 1. The van der Waals surface area contributed by atoms with Crippen LogP contribution >= 0.6 is 45.1 Å². The summed E-state index contributed by atoms with van der Waals surface area (Å²) in [7, 11) is -18.9. The first-order chi connectivity index (χ1) is 50.9. The maximum absolute atomic E-state index is 13.2. The topological polar surface area (TPSA) is 449 Å². The Labute approximate surface area is 642 Å². The summed E-state index contributed by atoms with van der Waals surface area (Å²) in [4.78, 5) is 96.8. The van der Waals surface area contributed by atoms with Crippen molar-refractivity contribution in [2.75, 3.05) is 114 Å². The number of para-hydroxylation sites is 1. The standard InChI is InChI=1S/C67H96N9O24P3S5/c1-9-74-51-23-16-15-22-49(51)66(4,5)55(74)24-12-10-13-25-56-67(6,7)50-41-48(108(88,89)90)27-28-52(50)75(56)33-17-11-14-26-57(77)69-31-37-91-39-40-92-38-32-71-64(80)95-36-29-65(2,3)106-105-45-93-34-18-19-35-94-63(79)70-30-20-21-47-43-76(60-59(47)61(78)73-62(68)72-60)58-42-53(96-46-107(8)104)54(98-58)44-97-102(84,85)100-103(86,87)99-101(81,82)83/h10,12-13,15-16,22-25,27-28,41,43,53-54,58H,9,11,14,17-19,26,29-40,42,44-46H2,1-8H3,(H10-,68,69,70,71,72,73,77,78,79,80,81,82,83,84,85,86,87,88,89,90)/p+1/t53-,54-,58-,107?/m1/s1. The third-order valence-electron chi connectivity index (χ3n) is 17.0. The molecule has 0 bridgehead atoms. The van der Waals surface area contributed by atoms with Crippen LogP contribution in [0.1, 0.15) is 123 Å². The van der Waals surface area contributed by atoms with Gasteiger partial charge in [-0.05, 0) is 114 Å². The molecule has 41 heteroatoms. The molecule has 108 heavy (non-hydrogen) atoms. The summed E-state index contributed by atoms with van der Waals surface area (Å²) in [5, 5.41) is 8.09. The largest absolute Gasteiger partial charge is 0.490 e. The van der Waals surface area contributed by atoms with Crippen LogP contribution < -0.4 is 32.1 Å². The van der Waals surface area contributed by atoms with Crippen LogP contribution in [0.3, 0.4) is 0 Å². The lowest BCUT2D eigenvalue weighted by molar-refractivity contribution is -0.438. The van der Waals surface area contributed by atoms with Crippen molar-refractivity contribution in [2.45, 2.75) is 139 Å². The molecule has 0 radical (unpaired) electrons. The number of phosphoric ester groups is 1. The number of phosphoric acid groups is 3. The molecule has 3 aliphatic rings. The molecule has 598 valence electrons. The summed E-state index contributed by atoms with van der Waals surface area (Å²) in [5.41, 5.74) is 11.1. The van der Waals surface area contributed by atoms with Crippen LogP contribution in [-0.4, -0.2) is 196 Å². The van der Waals surface area contributed by atoms with E-state index in [0.29, 0.717) is 77.6 Å². The van der Waals surface area contributed by atoms with Crippen LogP contribution in [0.4, 0.5) is 26.9 Å². The highest BCUT2D eigenvalue weighted by atomic mass is 33.1. The maximum atomic E-state index is 13.2. The number of benzene rings is 2. The second-order valence-corrected chi connectivity index (χ2v) is 38.3. The molecule has 7 rings (SSSR count). The molecule has 3 unspecified atom stereocenters. The number of aromatic nitrogens is 3. The van der Waals surface area contributed by atoms with Crippen molar-refractivity contribution >= 4 is 128 Å². The summed E-state index contributed by atoms with van der Waals surface area (Å²) in [6.07, 6.45) is 13.3. The average Bonchev–Trinajstić information content (AvgIpc) is 1.60. The fourth-order valence-electron chi connectivity index (χ4n) is 11.9. The van der Waals surface area contributed by atoms with Gasteiger partial charge in [-0.15, -0.1) is 0 Å². The zero-order valence-electron chi connectivity index (χ0n) is 61.2. The van der Waals surface area contributed by atoms with E-state index in [9.17, 15) is 55.6 Å². The van der Waals surface area contributed by atoms with Gasteiger partial charge in [-0.3, -0.25) is 23.6 Å². The lowest BCUT2D eigenvalue weighted by Crippen LogP contribution is -2.30. The van der Waals surface area contributed by atoms with Gasteiger partial charge in [-0.25, -0.2) is 23.3 Å². The Morgan fingerprint density at radius 2 is 1.58 bits per heavy atom. The number of nitrogens with zero attached hydrogens (tertiary/aromatic N) is 4. The van der Waals surface area contributed by atoms with Crippen LogP contribution in [0, 0.1) is 11.8 Å². The number of hydrogen-bond acceptors (Lipinski definition) is 25. The van der Waals surface area contributed by atoms with Crippen molar-refractivity contribution in [3.63, 3.8) is 0 Å². The van der Waals surface area contributed by atoms with E-state index in [1.807, 2.05) is 39.8 Å². The molecule has 6 atom stereocenters. The number of anilines is 2. The number of carbonyl (C=O) groups excluding carboxylic acids is 3. The van der Waals surface area contributed by atoms with Crippen molar-refractivity contribution in [1.29, 1.82) is 0 Å². The Balaban J connectivity index is 0.692. The van der Waals surface area contributed by atoms with Crippen LogP contribution in [0.2, 0.25) is 0 Å². The van der Waals surface area contributed by atoms with Crippen molar-refractivity contribution in [2.24, 2.45) is 0 Å². The van der Waals surface area contributed by atoms with Crippen LogP contribution in [-0.2, 0) is 106 Å². The molecule has 0 saturated carbocycles. The summed E-state index contributed by atoms with van der Waals surface area (Å²) in [5.74, 6) is 5.67. The minimum Gasteiger partial charge on any atom is -0.450 e. The monoisotopic (exact) mass is 1660 g/mol. The van der Waals surface area contributed by atoms with Crippen molar-refractivity contribution in [3.8, 4) is 11.8 Å². The number of fused-ring (bicyclic) bond motifs is 3. The molecule has 0 spiro atoms. The highest BCUT2D eigenvalue weighted by Crippen LogP contribution is 2.66. The number of allylic oxidation sites excluding steroid dienone is 6. The first kappa shape index (κ1) is 89.5. The minimum atomic E-state index is -5.80. The molecule has 33 nitrogen and oxygen atoms in total. The maximum Gasteiger partial charge on any atom is 0.490 e. The Morgan fingerprint density at radius 3 is 2.30 bits per heavy atom. The molecule has 5 heterocycles. The van der Waals surface area contributed by atoms with E-state index in [-0.39, 0.29) is 88.8 Å². The minimum absolute atomic E-state index is 0.00298. The number of nitrogens with two attached hydrogens (primary N) is 1. The Morgan fingerprint density at radius 1 is 0.880 bits per heavy atom. The number of H-pyrrole nitrogens is 1. The lowest BCUT2D eigenvalue weighted by Gasteiger charge is -2.25. The van der Waals surface area contributed by atoms with E-state index in [1.165, 1.54) is 44.6 Å². The third kappa shape index (κ3) is 27.6. The van der Waals surface area contributed by atoms with E-state index in [1.54, 1.807) is 29.2 Å². The van der Waals surface area contributed by atoms with Gasteiger partial charge in [0.05, 0.1) is 86.1 Å². The Kier molecular flexibility index (Phi) is 34.1. The predicted molar refractivity (Wildman–Crippen MR) is 414 cm³/mol. The van der Waals surface area contributed by atoms with Crippen molar-refractivity contribution in [1.82, 2.24) is 30.5 Å². The molecule has 4 aromatic rings. The summed E-state index contributed by atoms with van der Waals surface area (Å²) < 4.78 is 125. The molecule has 0 aliphatic carbocycles. The Bertz CT molecular complexity index is 4350. The van der Waals surface area contributed by atoms with Crippen LogP contribution in [0.25, 0.3) is 11.0 Å². The number of nitrogen functional groups attached to an aromatic ring is 1. The van der Waals surface area contributed by atoms with Gasteiger partial charge in [-0.2, -0.15) is 26.6 Å². The van der Waals surface area contributed by atoms with Gasteiger partial charge in [0.25, 0.3) is 15.7 Å². The zero-order valence-corrected chi connectivity index (χ0v) is 68.0. The fraction of sp³-hybridized carbons (Fsp3) is 0.552. The number of amides is 3. The normalized spacial score (nSPS) is 18.8. The molecule has 3 amide bonds. The van der Waals surface area contributed by atoms with Crippen LogP contribution in [0.15, 0.2) is 94.4 Å². The molecule has 1 fully saturated rings. The summed E-state index contributed by atoms with van der Waals surface area (Å²) in [6, 6.07) is 13.2. The molecule has 2 aromatic carbocycles.